The van der Waals surface area contributed by atoms with Gasteiger partial charge in [-0.05, 0) is 18.1 Å². The van der Waals surface area contributed by atoms with Gasteiger partial charge in [0.05, 0.1) is 0 Å². The van der Waals surface area contributed by atoms with E-state index in [1.807, 2.05) is 6.92 Å². The second kappa shape index (κ2) is 4.31. The van der Waals surface area contributed by atoms with Crippen molar-refractivity contribution in [2.24, 2.45) is 5.92 Å². The van der Waals surface area contributed by atoms with E-state index in [2.05, 4.69) is 20.6 Å². The van der Waals surface area contributed by atoms with E-state index in [-0.39, 0.29) is 18.2 Å². The normalized spacial score (nSPS) is 12.9. The van der Waals surface area contributed by atoms with Crippen LogP contribution in [0.1, 0.15) is 6.92 Å². The first-order valence-electron chi connectivity index (χ1n) is 5.00. The first-order valence-corrected chi connectivity index (χ1v) is 5.00. The zero-order valence-electron chi connectivity index (χ0n) is 8.84. The number of nitrogens with one attached hydrogen (secondary N) is 2. The summed E-state index contributed by atoms with van der Waals surface area (Å²) in [6, 6.07) is 3.43. The van der Waals surface area contributed by atoms with Crippen LogP contribution in [0.2, 0.25) is 0 Å². The van der Waals surface area contributed by atoms with Crippen molar-refractivity contribution in [3.63, 3.8) is 0 Å². The van der Waals surface area contributed by atoms with E-state index in [0.717, 1.165) is 0 Å². The molecule has 7 nitrogen and oxygen atoms in total. The minimum Gasteiger partial charge on any atom is -0.396 e. The number of rotatable bonds is 4. The summed E-state index contributed by atoms with van der Waals surface area (Å²) in [6.07, 6.45) is 0. The molecule has 2 aromatic heterocycles. The van der Waals surface area contributed by atoms with Crippen LogP contribution in [0, 0.1) is 5.92 Å². The number of nitrogens with zero attached hydrogens (tertiary/aromatic N) is 3. The molecule has 3 N–H and O–H groups in total. The number of H-pyrrole nitrogens is 1. The molecular weight excluding hydrogens is 210 g/mol. The van der Waals surface area contributed by atoms with Gasteiger partial charge >= 0.3 is 5.69 Å². The molecule has 16 heavy (non-hydrogen) atoms. The monoisotopic (exact) mass is 223 g/mol. The molecule has 0 aromatic carbocycles. The average Bonchev–Trinajstić information content (AvgIpc) is 2.68. The van der Waals surface area contributed by atoms with Crippen LogP contribution in [-0.2, 0) is 0 Å². The van der Waals surface area contributed by atoms with Gasteiger partial charge in [-0.15, -0.1) is 5.10 Å². The lowest BCUT2D eigenvalue weighted by molar-refractivity contribution is 0.244. The Morgan fingerprint density at radius 2 is 2.44 bits per heavy atom. The fourth-order valence-corrected chi connectivity index (χ4v) is 1.24. The van der Waals surface area contributed by atoms with Crippen molar-refractivity contribution in [3.8, 4) is 0 Å². The van der Waals surface area contributed by atoms with Crippen LogP contribution < -0.4 is 11.0 Å². The lowest BCUT2D eigenvalue weighted by Gasteiger charge is -2.09. The maximum atomic E-state index is 11.2. The predicted molar refractivity (Wildman–Crippen MR) is 58.3 cm³/mol. The number of fused-ring (bicyclic) bond motifs is 1. The third-order valence-electron chi connectivity index (χ3n) is 2.22. The Morgan fingerprint density at radius 3 is 3.19 bits per heavy atom. The molecule has 0 spiro atoms. The second-order valence-corrected chi connectivity index (χ2v) is 3.69. The Labute approximate surface area is 91.1 Å². The molecule has 2 heterocycles. The molecule has 1 atom stereocenters. The van der Waals surface area contributed by atoms with Gasteiger partial charge in [0, 0.05) is 13.2 Å². The Kier molecular flexibility index (Phi) is 2.86. The summed E-state index contributed by atoms with van der Waals surface area (Å²) in [5.41, 5.74) is 0.111. The van der Waals surface area contributed by atoms with Gasteiger partial charge in [0.25, 0.3) is 0 Å². The Morgan fingerprint density at radius 1 is 1.62 bits per heavy atom. The van der Waals surface area contributed by atoms with Crippen molar-refractivity contribution in [2.75, 3.05) is 18.5 Å². The summed E-state index contributed by atoms with van der Waals surface area (Å²) in [5.74, 6) is 0.717. The van der Waals surface area contributed by atoms with Gasteiger partial charge in [-0.3, -0.25) is 0 Å². The van der Waals surface area contributed by atoms with Gasteiger partial charge in [0.2, 0.25) is 0 Å². The summed E-state index contributed by atoms with van der Waals surface area (Å²) in [6.45, 7) is 2.62. The summed E-state index contributed by atoms with van der Waals surface area (Å²) in [7, 11) is 0. The molecule has 0 radical (unpaired) electrons. The molecule has 0 aliphatic carbocycles. The van der Waals surface area contributed by atoms with E-state index in [9.17, 15) is 4.79 Å². The quantitative estimate of drug-likeness (QED) is 0.647. The standard InChI is InChI=1S/C9H13N5O2/c1-6(5-15)4-10-7-2-3-8-11-12-9(16)14(8)13-7/h2-3,6,15H,4-5H2,1H3,(H,10,13)(H,12,16). The minimum atomic E-state index is -0.367. The topological polar surface area (TPSA) is 95.3 Å². The molecule has 0 saturated carbocycles. The lowest BCUT2D eigenvalue weighted by atomic mass is 10.2. The van der Waals surface area contributed by atoms with Crippen LogP contribution in [0.4, 0.5) is 5.82 Å². The van der Waals surface area contributed by atoms with Crippen molar-refractivity contribution in [1.82, 2.24) is 19.8 Å². The second-order valence-electron chi connectivity index (χ2n) is 3.69. The lowest BCUT2D eigenvalue weighted by Crippen LogP contribution is -2.18. The number of aromatic amines is 1. The van der Waals surface area contributed by atoms with E-state index in [1.54, 1.807) is 12.1 Å². The third kappa shape index (κ3) is 2.03. The maximum absolute atomic E-state index is 11.2. The summed E-state index contributed by atoms with van der Waals surface area (Å²) < 4.78 is 1.19. The Balaban J connectivity index is 2.19. The highest BCUT2D eigenvalue weighted by atomic mass is 16.3. The molecule has 0 amide bonds. The van der Waals surface area contributed by atoms with Gasteiger partial charge in [0.1, 0.15) is 5.82 Å². The largest absolute Gasteiger partial charge is 0.396 e. The van der Waals surface area contributed by atoms with Crippen LogP contribution in [0.5, 0.6) is 0 Å². The summed E-state index contributed by atoms with van der Waals surface area (Å²) in [5, 5.41) is 22.0. The third-order valence-corrected chi connectivity index (χ3v) is 2.22. The molecule has 7 heteroatoms. The first-order chi connectivity index (χ1) is 7.70. The number of hydrogen-bond donors (Lipinski definition) is 3. The molecule has 86 valence electrons. The van der Waals surface area contributed by atoms with Crippen molar-refractivity contribution in [3.05, 3.63) is 22.6 Å². The molecular formula is C9H13N5O2. The van der Waals surface area contributed by atoms with E-state index in [1.165, 1.54) is 4.52 Å². The number of hydrogen-bond acceptors (Lipinski definition) is 5. The molecule has 0 bridgehead atoms. The van der Waals surface area contributed by atoms with Crippen LogP contribution in [-0.4, -0.2) is 38.1 Å². The Hall–Kier alpha value is -1.89. The summed E-state index contributed by atoms with van der Waals surface area (Å²) >= 11 is 0. The smallest absolute Gasteiger partial charge is 0.364 e. The van der Waals surface area contributed by atoms with Gasteiger partial charge in [-0.1, -0.05) is 6.92 Å². The van der Waals surface area contributed by atoms with E-state index in [0.29, 0.717) is 18.0 Å². The highest BCUT2D eigenvalue weighted by Gasteiger charge is 2.04. The molecule has 0 aliphatic heterocycles. The number of aromatic nitrogens is 4. The molecule has 1 unspecified atom stereocenters. The van der Waals surface area contributed by atoms with Crippen LogP contribution in [0.25, 0.3) is 5.65 Å². The molecule has 0 fully saturated rings. The first kappa shape index (κ1) is 10.6. The van der Waals surface area contributed by atoms with Crippen LogP contribution >= 0.6 is 0 Å². The van der Waals surface area contributed by atoms with E-state index in [4.69, 9.17) is 5.11 Å². The minimum absolute atomic E-state index is 0.112. The van der Waals surface area contributed by atoms with E-state index < -0.39 is 0 Å². The van der Waals surface area contributed by atoms with Gasteiger partial charge in [0.15, 0.2) is 5.65 Å². The van der Waals surface area contributed by atoms with Crippen LogP contribution in [0.3, 0.4) is 0 Å². The van der Waals surface area contributed by atoms with Crippen molar-refractivity contribution in [2.45, 2.75) is 6.92 Å². The Bertz CT molecular complexity index is 532. The molecule has 2 rings (SSSR count). The zero-order chi connectivity index (χ0) is 11.5. The van der Waals surface area contributed by atoms with Gasteiger partial charge < -0.3 is 10.4 Å². The van der Waals surface area contributed by atoms with Crippen molar-refractivity contribution >= 4 is 11.5 Å². The maximum Gasteiger partial charge on any atom is 0.364 e. The highest BCUT2D eigenvalue weighted by Crippen LogP contribution is 2.03. The fourth-order valence-electron chi connectivity index (χ4n) is 1.24. The van der Waals surface area contributed by atoms with Crippen molar-refractivity contribution in [1.29, 1.82) is 0 Å². The fraction of sp³-hybridized carbons (Fsp3) is 0.444. The number of aliphatic hydroxyl groups excluding tert-OH is 1. The number of anilines is 1. The van der Waals surface area contributed by atoms with Gasteiger partial charge in [-0.25, -0.2) is 9.89 Å². The molecule has 2 aromatic rings. The molecule has 0 aliphatic rings. The SMILES string of the molecule is CC(CO)CNc1ccc2n[nH]c(=O)n2n1. The number of aliphatic hydroxyl groups is 1. The predicted octanol–water partition coefficient (Wildman–Crippen LogP) is -0.542. The summed E-state index contributed by atoms with van der Waals surface area (Å²) in [4.78, 5) is 11.2. The zero-order valence-corrected chi connectivity index (χ0v) is 8.84. The van der Waals surface area contributed by atoms with Gasteiger partial charge in [-0.2, -0.15) is 9.61 Å². The highest BCUT2D eigenvalue weighted by molar-refractivity contribution is 5.42. The van der Waals surface area contributed by atoms with E-state index >= 15 is 0 Å². The van der Waals surface area contributed by atoms with Crippen LogP contribution in [0.15, 0.2) is 16.9 Å². The molecule has 0 saturated heterocycles. The average molecular weight is 223 g/mol. The van der Waals surface area contributed by atoms with Crippen molar-refractivity contribution < 1.29 is 5.11 Å².